The number of hydrogen-bond acceptors (Lipinski definition) is 7. The maximum atomic E-state index is 13.8. The first-order chi connectivity index (χ1) is 23.5. The molecule has 4 N–H and O–H groups in total. The fraction of sp³-hybridized carbons (Fsp3) is 0.568. The summed E-state index contributed by atoms with van der Waals surface area (Å²) in [5.41, 5.74) is 2.55. The van der Waals surface area contributed by atoms with Crippen molar-refractivity contribution in [3.05, 3.63) is 65.2 Å². The molecule has 0 bridgehead atoms. The lowest BCUT2D eigenvalue weighted by molar-refractivity contribution is -0.131. The molecule has 276 valence electrons. The van der Waals surface area contributed by atoms with E-state index in [4.69, 9.17) is 4.74 Å². The van der Waals surface area contributed by atoms with Crippen molar-refractivity contribution in [1.82, 2.24) is 25.6 Å². The normalized spacial score (nSPS) is 16.3. The number of fused-ring (bicyclic) bond motifs is 1. The van der Waals surface area contributed by atoms with Crippen LogP contribution in [0.4, 0.5) is 4.79 Å². The van der Waals surface area contributed by atoms with E-state index in [1.807, 2.05) is 32.0 Å². The van der Waals surface area contributed by atoms with Gasteiger partial charge in [0.05, 0.1) is 10.9 Å². The Kier molecular flexibility index (Phi) is 14.8. The molecule has 0 radical (unpaired) electrons. The SMILES string of the molecule is Cc1ccc(S(=O)(=O)NCCCC(C)C(NC(=O)CCCNC(=O)C(C)N(C)C(=O)OC(C)(C)C)C(=O)NC2CCCc3ccccc32)cc1. The fourth-order valence-corrected chi connectivity index (χ4v) is 6.83. The van der Waals surface area contributed by atoms with E-state index < -0.39 is 33.8 Å². The topological polar surface area (TPSA) is 163 Å². The van der Waals surface area contributed by atoms with Crippen molar-refractivity contribution in [2.45, 2.75) is 115 Å². The first-order valence-electron chi connectivity index (χ1n) is 17.5. The smallest absolute Gasteiger partial charge is 0.410 e. The van der Waals surface area contributed by atoms with Crippen LogP contribution in [-0.2, 0) is 35.6 Å². The highest BCUT2D eigenvalue weighted by molar-refractivity contribution is 7.89. The van der Waals surface area contributed by atoms with Crippen molar-refractivity contribution in [2.75, 3.05) is 20.1 Å². The van der Waals surface area contributed by atoms with Crippen molar-refractivity contribution in [1.29, 1.82) is 0 Å². The molecule has 2 aromatic carbocycles. The summed E-state index contributed by atoms with van der Waals surface area (Å²) in [7, 11) is -2.18. The molecule has 12 nitrogen and oxygen atoms in total. The van der Waals surface area contributed by atoms with Gasteiger partial charge in [0.15, 0.2) is 0 Å². The second-order valence-corrected chi connectivity index (χ2v) is 16.0. The van der Waals surface area contributed by atoms with Gasteiger partial charge in [-0.2, -0.15) is 0 Å². The van der Waals surface area contributed by atoms with Crippen LogP contribution < -0.4 is 20.7 Å². The van der Waals surface area contributed by atoms with Crippen molar-refractivity contribution >= 4 is 33.8 Å². The highest BCUT2D eigenvalue weighted by atomic mass is 32.2. The zero-order valence-corrected chi connectivity index (χ0v) is 31.3. The number of carbonyl (C=O) groups excluding carboxylic acids is 4. The maximum absolute atomic E-state index is 13.8. The Morgan fingerprint density at radius 3 is 2.32 bits per heavy atom. The van der Waals surface area contributed by atoms with Gasteiger partial charge in [0, 0.05) is 26.6 Å². The molecule has 4 unspecified atom stereocenters. The van der Waals surface area contributed by atoms with Gasteiger partial charge in [-0.05, 0) is 102 Å². The Labute approximate surface area is 297 Å². The molecule has 4 atom stereocenters. The molecule has 0 saturated carbocycles. The summed E-state index contributed by atoms with van der Waals surface area (Å²) < 4.78 is 33.4. The molecular weight excluding hydrogens is 659 g/mol. The standard InChI is InChI=1S/C37H55N5O7S/c1-25-19-21-29(22-20-25)50(47,48)39-24-11-13-26(2)33(35(45)40-31-17-10-15-28-14-8-9-16-30(28)31)41-32(43)18-12-23-38-34(44)27(3)42(7)36(46)49-37(4,5)6/h8-9,14,16,19-22,26-27,31,33,39H,10-13,15,17-18,23-24H2,1-7H3,(H,38,44)(H,40,45)(H,41,43). The van der Waals surface area contributed by atoms with Crippen LogP contribution in [0.2, 0.25) is 0 Å². The van der Waals surface area contributed by atoms with Gasteiger partial charge < -0.3 is 20.7 Å². The van der Waals surface area contributed by atoms with Crippen LogP contribution in [0.3, 0.4) is 0 Å². The van der Waals surface area contributed by atoms with Gasteiger partial charge in [-0.15, -0.1) is 0 Å². The summed E-state index contributed by atoms with van der Waals surface area (Å²) >= 11 is 0. The molecule has 0 fully saturated rings. The minimum Gasteiger partial charge on any atom is -0.444 e. The van der Waals surface area contributed by atoms with Gasteiger partial charge >= 0.3 is 6.09 Å². The van der Waals surface area contributed by atoms with Gasteiger partial charge in [0.2, 0.25) is 27.7 Å². The van der Waals surface area contributed by atoms with Crippen LogP contribution in [0.1, 0.15) is 95.9 Å². The lowest BCUT2D eigenvalue weighted by Gasteiger charge is -2.30. The number of ether oxygens (including phenoxy) is 1. The average Bonchev–Trinajstić information content (AvgIpc) is 3.06. The maximum Gasteiger partial charge on any atom is 0.410 e. The number of nitrogens with one attached hydrogen (secondary N) is 4. The van der Waals surface area contributed by atoms with E-state index in [1.54, 1.807) is 52.0 Å². The average molecular weight is 714 g/mol. The van der Waals surface area contributed by atoms with Crippen molar-refractivity contribution in [3.63, 3.8) is 0 Å². The molecule has 0 spiro atoms. The lowest BCUT2D eigenvalue weighted by atomic mass is 9.87. The quantitative estimate of drug-likeness (QED) is 0.186. The number of hydrogen-bond donors (Lipinski definition) is 4. The zero-order valence-electron chi connectivity index (χ0n) is 30.5. The van der Waals surface area contributed by atoms with Crippen LogP contribution >= 0.6 is 0 Å². The van der Waals surface area contributed by atoms with Gasteiger partial charge in [-0.3, -0.25) is 19.3 Å². The summed E-state index contributed by atoms with van der Waals surface area (Å²) in [5, 5.41) is 8.83. The summed E-state index contributed by atoms with van der Waals surface area (Å²) in [4.78, 5) is 53.3. The molecular formula is C37H55N5O7S. The molecule has 13 heteroatoms. The van der Waals surface area contributed by atoms with E-state index in [-0.39, 0.29) is 54.1 Å². The summed E-state index contributed by atoms with van der Waals surface area (Å²) in [6, 6.07) is 12.9. The number of likely N-dealkylation sites (N-methyl/N-ethyl adjacent to an activating group) is 1. The van der Waals surface area contributed by atoms with Crippen molar-refractivity contribution in [2.24, 2.45) is 5.92 Å². The van der Waals surface area contributed by atoms with Crippen molar-refractivity contribution in [3.8, 4) is 0 Å². The summed E-state index contributed by atoms with van der Waals surface area (Å²) in [6.45, 7) is 11.0. The van der Waals surface area contributed by atoms with Gasteiger partial charge in [-0.25, -0.2) is 17.9 Å². The Balaban J connectivity index is 1.57. The van der Waals surface area contributed by atoms with Gasteiger partial charge in [0.25, 0.3) is 0 Å². The molecule has 2 aromatic rings. The van der Waals surface area contributed by atoms with E-state index in [9.17, 15) is 27.6 Å². The molecule has 0 aromatic heterocycles. The molecule has 4 amide bonds. The predicted molar refractivity (Wildman–Crippen MR) is 193 cm³/mol. The molecule has 1 aliphatic carbocycles. The third-order valence-electron chi connectivity index (χ3n) is 8.84. The van der Waals surface area contributed by atoms with Crippen LogP contribution in [0.15, 0.2) is 53.4 Å². The van der Waals surface area contributed by atoms with E-state index in [0.717, 1.165) is 30.4 Å². The van der Waals surface area contributed by atoms with E-state index in [0.29, 0.717) is 19.3 Å². The number of sulfonamides is 1. The lowest BCUT2D eigenvalue weighted by Crippen LogP contribution is -2.51. The number of carbonyl (C=O) groups is 4. The van der Waals surface area contributed by atoms with Crippen LogP contribution in [0.5, 0.6) is 0 Å². The second-order valence-electron chi connectivity index (χ2n) is 14.2. The van der Waals surface area contributed by atoms with Crippen molar-refractivity contribution < 1.29 is 32.3 Å². The number of rotatable bonds is 16. The Hall–Kier alpha value is -3.97. The molecule has 3 rings (SSSR count). The molecule has 0 heterocycles. The number of amides is 4. The minimum absolute atomic E-state index is 0.0652. The van der Waals surface area contributed by atoms with E-state index in [2.05, 4.69) is 26.7 Å². The largest absolute Gasteiger partial charge is 0.444 e. The number of benzene rings is 2. The Morgan fingerprint density at radius 1 is 0.960 bits per heavy atom. The fourth-order valence-electron chi connectivity index (χ4n) is 5.75. The van der Waals surface area contributed by atoms with E-state index in [1.165, 1.54) is 17.5 Å². The van der Waals surface area contributed by atoms with Gasteiger partial charge in [0.1, 0.15) is 17.7 Å². The Morgan fingerprint density at radius 2 is 1.64 bits per heavy atom. The first kappa shape index (κ1) is 40.5. The third kappa shape index (κ3) is 12.4. The van der Waals surface area contributed by atoms with Gasteiger partial charge in [-0.1, -0.05) is 48.9 Å². The highest BCUT2D eigenvalue weighted by Crippen LogP contribution is 2.30. The summed E-state index contributed by atoms with van der Waals surface area (Å²) in [6.07, 6.45) is 3.39. The van der Waals surface area contributed by atoms with Crippen LogP contribution in [0, 0.1) is 12.8 Å². The predicted octanol–water partition coefficient (Wildman–Crippen LogP) is 4.52. The highest BCUT2D eigenvalue weighted by Gasteiger charge is 2.31. The number of aryl methyl sites for hydroxylation is 2. The Bertz CT molecular complexity index is 1570. The second kappa shape index (κ2) is 18.3. The third-order valence-corrected chi connectivity index (χ3v) is 10.3. The molecule has 0 saturated heterocycles. The molecule has 0 aliphatic heterocycles. The summed E-state index contributed by atoms with van der Waals surface area (Å²) in [5.74, 6) is -1.31. The number of nitrogens with zero attached hydrogens (tertiary/aromatic N) is 1. The van der Waals surface area contributed by atoms with Crippen LogP contribution in [-0.4, -0.2) is 75.0 Å². The van der Waals surface area contributed by atoms with Crippen LogP contribution in [0.25, 0.3) is 0 Å². The molecule has 1 aliphatic rings. The monoisotopic (exact) mass is 713 g/mol. The zero-order chi connectivity index (χ0) is 37.1. The minimum atomic E-state index is -3.67. The molecule has 50 heavy (non-hydrogen) atoms. The first-order valence-corrected chi connectivity index (χ1v) is 18.9. The van der Waals surface area contributed by atoms with E-state index >= 15 is 0 Å².